The molecule has 0 rings (SSSR count). The molecule has 16 heavy (non-hydrogen) atoms. The first-order valence-electron chi connectivity index (χ1n) is 5.41. The molecule has 0 fully saturated rings. The molecule has 0 spiro atoms. The van der Waals surface area contributed by atoms with Gasteiger partial charge in [-0.1, -0.05) is 27.7 Å². The standard InChI is InChI=1S/C11H23NO4/c1-8(2)10(3,4)9(16)12-11(5-13,6-14)7-15/h8,13-15H,5-7H2,1-4H3,(H,12,16). The Morgan fingerprint density at radius 3 is 1.75 bits per heavy atom. The van der Waals surface area contributed by atoms with Crippen molar-refractivity contribution in [1.29, 1.82) is 0 Å². The molecule has 0 saturated carbocycles. The van der Waals surface area contributed by atoms with Crippen molar-refractivity contribution in [2.45, 2.75) is 33.2 Å². The van der Waals surface area contributed by atoms with Crippen molar-refractivity contribution < 1.29 is 20.1 Å². The van der Waals surface area contributed by atoms with Crippen LogP contribution in [0.4, 0.5) is 0 Å². The second kappa shape index (κ2) is 5.61. The van der Waals surface area contributed by atoms with Gasteiger partial charge in [-0.15, -0.1) is 0 Å². The van der Waals surface area contributed by atoms with Crippen LogP contribution in [0.25, 0.3) is 0 Å². The summed E-state index contributed by atoms with van der Waals surface area (Å²) in [5, 5.41) is 29.8. The largest absolute Gasteiger partial charge is 0.394 e. The van der Waals surface area contributed by atoms with E-state index in [0.717, 1.165) is 0 Å². The van der Waals surface area contributed by atoms with E-state index in [2.05, 4.69) is 5.32 Å². The molecule has 4 N–H and O–H groups in total. The van der Waals surface area contributed by atoms with Crippen LogP contribution in [0.1, 0.15) is 27.7 Å². The second-order valence-electron chi connectivity index (χ2n) is 5.09. The van der Waals surface area contributed by atoms with Gasteiger partial charge in [0, 0.05) is 5.41 Å². The minimum absolute atomic E-state index is 0.112. The highest BCUT2D eigenvalue weighted by Gasteiger charge is 2.37. The summed E-state index contributed by atoms with van der Waals surface area (Å²) in [5.41, 5.74) is -1.96. The quantitative estimate of drug-likeness (QED) is 0.498. The molecule has 0 aromatic heterocycles. The topological polar surface area (TPSA) is 89.8 Å². The molecule has 1 amide bonds. The first kappa shape index (κ1) is 15.3. The number of rotatable bonds is 6. The third-order valence-corrected chi connectivity index (χ3v) is 3.32. The molecule has 5 heteroatoms. The van der Waals surface area contributed by atoms with Crippen LogP contribution < -0.4 is 5.32 Å². The Kier molecular flexibility index (Phi) is 5.38. The van der Waals surface area contributed by atoms with Crippen LogP contribution >= 0.6 is 0 Å². The summed E-state index contributed by atoms with van der Waals surface area (Å²) < 4.78 is 0. The van der Waals surface area contributed by atoms with Crippen LogP contribution in [-0.4, -0.2) is 46.6 Å². The zero-order valence-electron chi connectivity index (χ0n) is 10.4. The normalized spacial score (nSPS) is 13.0. The highest BCUT2D eigenvalue weighted by molar-refractivity contribution is 5.82. The Labute approximate surface area is 96.5 Å². The van der Waals surface area contributed by atoms with Crippen molar-refractivity contribution in [3.63, 3.8) is 0 Å². The average molecular weight is 233 g/mol. The monoisotopic (exact) mass is 233 g/mol. The lowest BCUT2D eigenvalue weighted by molar-refractivity contribution is -0.136. The summed E-state index contributed by atoms with van der Waals surface area (Å²) in [5.74, 6) is -0.180. The molecule has 0 atom stereocenters. The lowest BCUT2D eigenvalue weighted by Crippen LogP contribution is -2.60. The maximum absolute atomic E-state index is 12.0. The van der Waals surface area contributed by atoms with E-state index in [1.54, 1.807) is 13.8 Å². The minimum Gasteiger partial charge on any atom is -0.394 e. The summed E-state index contributed by atoms with van der Waals surface area (Å²) in [4.78, 5) is 12.0. The summed E-state index contributed by atoms with van der Waals surface area (Å²) in [6.07, 6.45) is 0. The Morgan fingerprint density at radius 2 is 1.50 bits per heavy atom. The molecule has 0 heterocycles. The molecule has 0 aromatic rings. The zero-order valence-corrected chi connectivity index (χ0v) is 10.4. The van der Waals surface area contributed by atoms with E-state index in [4.69, 9.17) is 15.3 Å². The van der Waals surface area contributed by atoms with E-state index in [1.165, 1.54) is 0 Å². The number of hydrogen-bond donors (Lipinski definition) is 4. The van der Waals surface area contributed by atoms with Gasteiger partial charge in [0.05, 0.1) is 19.8 Å². The summed E-state index contributed by atoms with van der Waals surface area (Å²) in [7, 11) is 0. The van der Waals surface area contributed by atoms with Crippen LogP contribution in [0, 0.1) is 11.3 Å². The van der Waals surface area contributed by atoms with Crippen molar-refractivity contribution in [3.05, 3.63) is 0 Å². The van der Waals surface area contributed by atoms with Crippen molar-refractivity contribution >= 4 is 5.91 Å². The number of carbonyl (C=O) groups is 1. The molecule has 0 bridgehead atoms. The van der Waals surface area contributed by atoms with Gasteiger partial charge in [-0.05, 0) is 5.92 Å². The third kappa shape index (κ3) is 3.17. The fraction of sp³-hybridized carbons (Fsp3) is 0.909. The van der Waals surface area contributed by atoms with Crippen LogP contribution in [0.15, 0.2) is 0 Å². The van der Waals surface area contributed by atoms with Gasteiger partial charge in [-0.3, -0.25) is 4.79 Å². The predicted octanol–water partition coefficient (Wildman–Crippen LogP) is -0.499. The van der Waals surface area contributed by atoms with Gasteiger partial charge in [-0.2, -0.15) is 0 Å². The number of aliphatic hydroxyl groups is 3. The van der Waals surface area contributed by atoms with Gasteiger partial charge in [0.25, 0.3) is 0 Å². The number of hydrogen-bond acceptors (Lipinski definition) is 4. The van der Waals surface area contributed by atoms with Gasteiger partial charge in [0.15, 0.2) is 0 Å². The zero-order chi connectivity index (χ0) is 13.0. The van der Waals surface area contributed by atoms with E-state index in [0.29, 0.717) is 0 Å². The van der Waals surface area contributed by atoms with Gasteiger partial charge >= 0.3 is 0 Å². The van der Waals surface area contributed by atoms with Crippen molar-refractivity contribution in [1.82, 2.24) is 5.32 Å². The first-order valence-corrected chi connectivity index (χ1v) is 5.41. The van der Waals surface area contributed by atoms with Crippen LogP contribution in [0.2, 0.25) is 0 Å². The van der Waals surface area contributed by atoms with Gasteiger partial charge in [-0.25, -0.2) is 0 Å². The Balaban J connectivity index is 4.78. The average Bonchev–Trinajstić information content (AvgIpc) is 2.25. The van der Waals surface area contributed by atoms with Crippen LogP contribution in [0.5, 0.6) is 0 Å². The number of nitrogens with one attached hydrogen (secondary N) is 1. The van der Waals surface area contributed by atoms with E-state index >= 15 is 0 Å². The van der Waals surface area contributed by atoms with E-state index in [1.807, 2.05) is 13.8 Å². The minimum atomic E-state index is -1.34. The predicted molar refractivity (Wildman–Crippen MR) is 60.8 cm³/mol. The number of aliphatic hydroxyl groups excluding tert-OH is 3. The fourth-order valence-electron chi connectivity index (χ4n) is 0.933. The van der Waals surface area contributed by atoms with E-state index < -0.39 is 30.8 Å². The fourth-order valence-corrected chi connectivity index (χ4v) is 0.933. The lowest BCUT2D eigenvalue weighted by Gasteiger charge is -2.35. The van der Waals surface area contributed by atoms with Crippen molar-refractivity contribution in [2.24, 2.45) is 11.3 Å². The van der Waals surface area contributed by atoms with Crippen molar-refractivity contribution in [2.75, 3.05) is 19.8 Å². The van der Waals surface area contributed by atoms with E-state index in [9.17, 15) is 4.79 Å². The Bertz CT molecular complexity index is 226. The summed E-state index contributed by atoms with van der Waals surface area (Å²) in [6.45, 7) is 5.89. The molecule has 0 aliphatic heterocycles. The molecule has 0 aromatic carbocycles. The SMILES string of the molecule is CC(C)C(C)(C)C(=O)NC(CO)(CO)CO. The second-order valence-corrected chi connectivity index (χ2v) is 5.09. The highest BCUT2D eigenvalue weighted by Crippen LogP contribution is 2.26. The van der Waals surface area contributed by atoms with Crippen LogP contribution in [-0.2, 0) is 4.79 Å². The maximum atomic E-state index is 12.0. The highest BCUT2D eigenvalue weighted by atomic mass is 16.3. The Hall–Kier alpha value is -0.650. The molecule has 0 radical (unpaired) electrons. The number of amides is 1. The summed E-state index contributed by atoms with van der Waals surface area (Å²) >= 11 is 0. The molecule has 0 saturated heterocycles. The molecule has 96 valence electrons. The molecule has 0 aliphatic carbocycles. The molecule has 0 unspecified atom stereocenters. The molecular weight excluding hydrogens is 210 g/mol. The third-order valence-electron chi connectivity index (χ3n) is 3.32. The van der Waals surface area contributed by atoms with Gasteiger partial charge in [0.2, 0.25) is 5.91 Å². The van der Waals surface area contributed by atoms with E-state index in [-0.39, 0.29) is 11.8 Å². The molecule has 0 aliphatic rings. The molecular formula is C11H23NO4. The Morgan fingerprint density at radius 1 is 1.12 bits per heavy atom. The summed E-state index contributed by atoms with van der Waals surface area (Å²) in [6, 6.07) is 0. The van der Waals surface area contributed by atoms with Gasteiger partial charge < -0.3 is 20.6 Å². The van der Waals surface area contributed by atoms with Crippen molar-refractivity contribution in [3.8, 4) is 0 Å². The maximum Gasteiger partial charge on any atom is 0.226 e. The smallest absolute Gasteiger partial charge is 0.226 e. The molecule has 5 nitrogen and oxygen atoms in total. The number of carbonyl (C=O) groups excluding carboxylic acids is 1. The van der Waals surface area contributed by atoms with Gasteiger partial charge in [0.1, 0.15) is 5.54 Å². The lowest BCUT2D eigenvalue weighted by atomic mass is 9.79. The van der Waals surface area contributed by atoms with Crippen LogP contribution in [0.3, 0.4) is 0 Å². The first-order chi connectivity index (χ1) is 7.25.